The third-order valence-corrected chi connectivity index (χ3v) is 4.57. The Kier molecular flexibility index (Phi) is 18.2. The van der Waals surface area contributed by atoms with Crippen molar-refractivity contribution in [3.05, 3.63) is 0 Å². The molecule has 24 heavy (non-hydrogen) atoms. The van der Waals surface area contributed by atoms with Crippen molar-refractivity contribution in [2.75, 3.05) is 20.3 Å². The molecule has 0 bridgehead atoms. The average molecular weight is 344 g/mol. The first-order valence-electron chi connectivity index (χ1n) is 10.1. The van der Waals surface area contributed by atoms with E-state index in [2.05, 4.69) is 12.2 Å². The molecule has 0 aromatic rings. The Labute approximate surface area is 149 Å². The fraction of sp³-hybridized carbons (Fsp3) is 0.950. The molecule has 0 radical (unpaired) electrons. The van der Waals surface area contributed by atoms with Crippen LogP contribution in [0.25, 0.3) is 0 Å². The molecule has 4 nitrogen and oxygen atoms in total. The lowest BCUT2D eigenvalue weighted by Gasteiger charge is -2.12. The number of rotatable bonds is 18. The highest BCUT2D eigenvalue weighted by molar-refractivity contribution is 5.75. The van der Waals surface area contributed by atoms with Crippen molar-refractivity contribution in [1.29, 1.82) is 0 Å². The number of aliphatic hydroxyl groups is 1. The lowest BCUT2D eigenvalue weighted by atomic mass is 10.0. The minimum Gasteiger partial charge on any atom is -0.394 e. The van der Waals surface area contributed by atoms with Crippen LogP contribution in [-0.2, 0) is 9.53 Å². The second-order valence-corrected chi connectivity index (χ2v) is 6.84. The molecule has 2 N–H and O–H groups in total. The maximum Gasteiger partial charge on any atom is 0.220 e. The summed E-state index contributed by atoms with van der Waals surface area (Å²) >= 11 is 0. The van der Waals surface area contributed by atoms with Gasteiger partial charge in [0.15, 0.2) is 0 Å². The zero-order valence-corrected chi connectivity index (χ0v) is 16.2. The number of nitrogens with one attached hydrogen (secondary N) is 1. The molecule has 0 aromatic heterocycles. The molecule has 0 aliphatic rings. The summed E-state index contributed by atoms with van der Waals surface area (Å²) in [6, 6.07) is 0. The van der Waals surface area contributed by atoms with Crippen molar-refractivity contribution in [3.63, 3.8) is 0 Å². The van der Waals surface area contributed by atoms with Crippen molar-refractivity contribution >= 4 is 5.91 Å². The summed E-state index contributed by atoms with van der Waals surface area (Å²) in [7, 11) is 1.54. The van der Waals surface area contributed by atoms with Crippen molar-refractivity contribution in [2.45, 2.75) is 103 Å². The van der Waals surface area contributed by atoms with Crippen LogP contribution >= 0.6 is 0 Å². The number of hydrogen-bond acceptors (Lipinski definition) is 3. The minimum atomic E-state index is -0.291. The molecule has 0 rings (SSSR count). The summed E-state index contributed by atoms with van der Waals surface area (Å²) in [6.45, 7) is 2.60. The van der Waals surface area contributed by atoms with Gasteiger partial charge in [0, 0.05) is 20.1 Å². The van der Waals surface area contributed by atoms with Gasteiger partial charge in [-0.15, -0.1) is 0 Å². The van der Waals surface area contributed by atoms with E-state index in [4.69, 9.17) is 9.84 Å². The van der Waals surface area contributed by atoms with Crippen LogP contribution in [0.4, 0.5) is 0 Å². The van der Waals surface area contributed by atoms with E-state index < -0.39 is 0 Å². The largest absolute Gasteiger partial charge is 0.394 e. The minimum absolute atomic E-state index is 0.0600. The number of carbonyl (C=O) groups is 1. The maximum absolute atomic E-state index is 11.6. The zero-order chi connectivity index (χ0) is 17.9. The first-order chi connectivity index (χ1) is 11.7. The van der Waals surface area contributed by atoms with E-state index in [-0.39, 0.29) is 18.6 Å². The van der Waals surface area contributed by atoms with Crippen LogP contribution in [0.15, 0.2) is 0 Å². The van der Waals surface area contributed by atoms with Crippen molar-refractivity contribution < 1.29 is 14.6 Å². The Morgan fingerprint density at radius 3 is 1.75 bits per heavy atom. The summed E-state index contributed by atoms with van der Waals surface area (Å²) in [4.78, 5) is 11.6. The van der Waals surface area contributed by atoms with Gasteiger partial charge >= 0.3 is 0 Å². The highest BCUT2D eigenvalue weighted by atomic mass is 16.5. The zero-order valence-electron chi connectivity index (χ0n) is 16.2. The fourth-order valence-electron chi connectivity index (χ4n) is 2.84. The normalized spacial score (nSPS) is 12.3. The highest BCUT2D eigenvalue weighted by Gasteiger charge is 2.07. The summed E-state index contributed by atoms with van der Waals surface area (Å²) in [5, 5.41) is 11.8. The fourth-order valence-corrected chi connectivity index (χ4v) is 2.84. The van der Waals surface area contributed by atoms with Gasteiger partial charge in [-0.3, -0.25) is 4.79 Å². The monoisotopic (exact) mass is 343 g/mol. The molecule has 0 aliphatic heterocycles. The number of hydrogen-bond donors (Lipinski definition) is 2. The van der Waals surface area contributed by atoms with E-state index in [1.165, 1.54) is 70.6 Å². The number of carbonyl (C=O) groups excluding carboxylic acids is 1. The molecule has 0 saturated heterocycles. The van der Waals surface area contributed by atoms with Gasteiger partial charge in [-0.25, -0.2) is 0 Å². The molecule has 0 aromatic carbocycles. The van der Waals surface area contributed by atoms with Crippen LogP contribution in [0.2, 0.25) is 0 Å². The Hall–Kier alpha value is -0.610. The van der Waals surface area contributed by atoms with Gasteiger partial charge in [0.05, 0.1) is 12.7 Å². The highest BCUT2D eigenvalue weighted by Crippen LogP contribution is 2.12. The predicted molar refractivity (Wildman–Crippen MR) is 101 cm³/mol. The number of amides is 1. The van der Waals surface area contributed by atoms with Gasteiger partial charge in [-0.05, 0) is 6.42 Å². The van der Waals surface area contributed by atoms with Gasteiger partial charge < -0.3 is 15.2 Å². The molecule has 1 amide bonds. The number of methoxy groups -OCH3 is 1. The van der Waals surface area contributed by atoms with Crippen LogP contribution in [0, 0.1) is 0 Å². The Bertz CT molecular complexity index is 268. The molecular weight excluding hydrogens is 302 g/mol. The van der Waals surface area contributed by atoms with E-state index in [9.17, 15) is 4.79 Å². The van der Waals surface area contributed by atoms with Crippen LogP contribution in [0.5, 0.6) is 0 Å². The lowest BCUT2D eigenvalue weighted by Crippen LogP contribution is -2.34. The van der Waals surface area contributed by atoms with E-state index in [1.54, 1.807) is 7.11 Å². The number of unbranched alkanes of at least 4 members (excludes halogenated alkanes) is 12. The summed E-state index contributed by atoms with van der Waals surface area (Å²) in [5.41, 5.74) is 0. The Morgan fingerprint density at radius 2 is 1.33 bits per heavy atom. The first-order valence-corrected chi connectivity index (χ1v) is 10.1. The quantitative estimate of drug-likeness (QED) is 0.358. The Morgan fingerprint density at radius 1 is 0.875 bits per heavy atom. The second-order valence-electron chi connectivity index (χ2n) is 6.84. The first kappa shape index (κ1) is 23.4. The standard InChI is InChI=1S/C20H41NO3/c1-3-4-5-6-7-8-9-10-11-12-13-14-15-16-20(23)21-17-19(18-22)24-2/h19,22H,3-18H2,1-2H3,(H,21,23)/t19-/m0/s1. The van der Waals surface area contributed by atoms with E-state index in [1.807, 2.05) is 0 Å². The second kappa shape index (κ2) is 18.7. The molecule has 0 unspecified atom stereocenters. The van der Waals surface area contributed by atoms with Gasteiger partial charge in [0.25, 0.3) is 0 Å². The molecule has 0 saturated carbocycles. The van der Waals surface area contributed by atoms with Crippen molar-refractivity contribution in [1.82, 2.24) is 5.32 Å². The van der Waals surface area contributed by atoms with Crippen molar-refractivity contribution in [3.8, 4) is 0 Å². The topological polar surface area (TPSA) is 58.6 Å². The smallest absolute Gasteiger partial charge is 0.220 e. The SMILES string of the molecule is CCCCCCCCCCCCCCCC(=O)NC[C@@H](CO)OC. The molecule has 0 aliphatic carbocycles. The summed E-state index contributed by atoms with van der Waals surface area (Å²) < 4.78 is 5.01. The van der Waals surface area contributed by atoms with Crippen molar-refractivity contribution in [2.24, 2.45) is 0 Å². The Balaban J connectivity index is 3.20. The molecule has 144 valence electrons. The van der Waals surface area contributed by atoms with Gasteiger partial charge in [-0.2, -0.15) is 0 Å². The van der Waals surface area contributed by atoms with E-state index in [0.29, 0.717) is 13.0 Å². The third kappa shape index (κ3) is 16.3. The van der Waals surface area contributed by atoms with Crippen LogP contribution in [0.3, 0.4) is 0 Å². The van der Waals surface area contributed by atoms with Crippen LogP contribution in [0.1, 0.15) is 96.8 Å². The van der Waals surface area contributed by atoms with E-state index >= 15 is 0 Å². The summed E-state index contributed by atoms with van der Waals surface area (Å²) in [6.07, 6.45) is 17.4. The van der Waals surface area contributed by atoms with Gasteiger partial charge in [-0.1, -0.05) is 84.0 Å². The summed E-state index contributed by atoms with van der Waals surface area (Å²) in [5.74, 6) is 0.0635. The average Bonchev–Trinajstić information content (AvgIpc) is 2.60. The van der Waals surface area contributed by atoms with Gasteiger partial charge in [0.2, 0.25) is 5.91 Å². The molecule has 0 spiro atoms. The molecule has 0 fully saturated rings. The molecule has 0 heterocycles. The lowest BCUT2D eigenvalue weighted by molar-refractivity contribution is -0.121. The number of aliphatic hydroxyl groups excluding tert-OH is 1. The van der Waals surface area contributed by atoms with Crippen LogP contribution < -0.4 is 5.32 Å². The number of ether oxygens (including phenoxy) is 1. The van der Waals surface area contributed by atoms with E-state index in [0.717, 1.165) is 12.8 Å². The van der Waals surface area contributed by atoms with Gasteiger partial charge in [0.1, 0.15) is 0 Å². The molecule has 4 heteroatoms. The molecular formula is C20H41NO3. The van der Waals surface area contributed by atoms with Crippen LogP contribution in [-0.4, -0.2) is 37.4 Å². The maximum atomic E-state index is 11.6. The predicted octanol–water partition coefficient (Wildman–Crippen LogP) is 4.59. The third-order valence-electron chi connectivity index (χ3n) is 4.57. The molecule has 1 atom stereocenters.